The Morgan fingerprint density at radius 3 is 2.48 bits per heavy atom. The van der Waals surface area contributed by atoms with E-state index in [9.17, 15) is 4.79 Å². The highest BCUT2D eigenvalue weighted by Crippen LogP contribution is 2.27. The Balaban J connectivity index is 1.57. The van der Waals surface area contributed by atoms with E-state index in [0.717, 1.165) is 66.4 Å². The normalized spacial score (nSPS) is 14.5. The van der Waals surface area contributed by atoms with E-state index in [1.54, 1.807) is 0 Å². The number of aromatic nitrogens is 1. The average Bonchev–Trinajstić information content (AvgIpc) is 3.01. The molecule has 2 heterocycles. The summed E-state index contributed by atoms with van der Waals surface area (Å²) in [7, 11) is 0. The van der Waals surface area contributed by atoms with E-state index in [4.69, 9.17) is 4.74 Å². The Bertz CT molecular complexity index is 954. The lowest BCUT2D eigenvalue weighted by Crippen LogP contribution is -2.36. The van der Waals surface area contributed by atoms with Crippen LogP contribution in [-0.4, -0.2) is 36.8 Å². The molecule has 2 aromatic carbocycles. The smallest absolute Gasteiger partial charge is 0.272 e. The highest BCUT2D eigenvalue weighted by atomic mass is 16.5. The largest absolute Gasteiger partial charge is 0.378 e. The predicted molar refractivity (Wildman–Crippen MR) is 110 cm³/mol. The van der Waals surface area contributed by atoms with Gasteiger partial charge in [0, 0.05) is 41.9 Å². The number of rotatable bonds is 4. The molecular formula is C22H25N3O2. The molecule has 1 fully saturated rings. The first-order valence-electron chi connectivity index (χ1n) is 9.51. The molecule has 0 aliphatic carbocycles. The predicted octanol–water partition coefficient (Wildman–Crippen LogP) is 4.06. The van der Waals surface area contributed by atoms with Gasteiger partial charge in [-0.05, 0) is 49.7 Å². The number of ether oxygens (including phenoxy) is 1. The molecule has 1 amide bonds. The summed E-state index contributed by atoms with van der Waals surface area (Å²) in [5.41, 5.74) is 4.83. The number of carbonyl (C=O) groups excluding carboxylic acids is 1. The number of hydrogen-bond acceptors (Lipinski definition) is 3. The third kappa shape index (κ3) is 3.30. The molecule has 4 rings (SSSR count). The van der Waals surface area contributed by atoms with Crippen molar-refractivity contribution < 1.29 is 9.53 Å². The maximum atomic E-state index is 13.0. The number of anilines is 2. The molecule has 0 radical (unpaired) electrons. The summed E-state index contributed by atoms with van der Waals surface area (Å²) in [6.45, 7) is 8.18. The zero-order valence-electron chi connectivity index (χ0n) is 15.9. The average molecular weight is 363 g/mol. The second-order valence-electron chi connectivity index (χ2n) is 6.84. The van der Waals surface area contributed by atoms with E-state index in [-0.39, 0.29) is 5.91 Å². The number of nitrogens with one attached hydrogen (secondary N) is 1. The van der Waals surface area contributed by atoms with Crippen LogP contribution in [0.2, 0.25) is 0 Å². The van der Waals surface area contributed by atoms with E-state index >= 15 is 0 Å². The molecule has 1 saturated heterocycles. The van der Waals surface area contributed by atoms with E-state index in [2.05, 4.69) is 46.0 Å². The van der Waals surface area contributed by atoms with Gasteiger partial charge in [0.25, 0.3) is 5.91 Å². The van der Waals surface area contributed by atoms with Gasteiger partial charge in [0.15, 0.2) is 0 Å². The summed E-state index contributed by atoms with van der Waals surface area (Å²) in [5.74, 6) is -0.0651. The van der Waals surface area contributed by atoms with Crippen molar-refractivity contribution in [3.8, 4) is 0 Å². The molecule has 0 spiro atoms. The third-order valence-corrected chi connectivity index (χ3v) is 5.26. The van der Waals surface area contributed by atoms with E-state index < -0.39 is 0 Å². The second-order valence-corrected chi connectivity index (χ2v) is 6.84. The van der Waals surface area contributed by atoms with Crippen molar-refractivity contribution in [2.24, 2.45) is 0 Å². The third-order valence-electron chi connectivity index (χ3n) is 5.26. The molecule has 27 heavy (non-hydrogen) atoms. The maximum absolute atomic E-state index is 13.0. The summed E-state index contributed by atoms with van der Waals surface area (Å²) in [6, 6.07) is 16.2. The summed E-state index contributed by atoms with van der Waals surface area (Å²) >= 11 is 0. The van der Waals surface area contributed by atoms with Crippen molar-refractivity contribution in [1.29, 1.82) is 0 Å². The summed E-state index contributed by atoms with van der Waals surface area (Å²) < 4.78 is 7.49. The number of fused-ring (bicyclic) bond motifs is 1. The number of morpholine rings is 1. The van der Waals surface area contributed by atoms with Crippen LogP contribution in [0, 0.1) is 6.92 Å². The maximum Gasteiger partial charge on any atom is 0.272 e. The molecular weight excluding hydrogens is 338 g/mol. The van der Waals surface area contributed by atoms with Crippen LogP contribution in [0.4, 0.5) is 11.4 Å². The van der Waals surface area contributed by atoms with Gasteiger partial charge < -0.3 is 19.5 Å². The number of hydrogen-bond donors (Lipinski definition) is 1. The van der Waals surface area contributed by atoms with Crippen LogP contribution in [0.1, 0.15) is 23.0 Å². The van der Waals surface area contributed by atoms with Gasteiger partial charge >= 0.3 is 0 Å². The van der Waals surface area contributed by atoms with Crippen LogP contribution < -0.4 is 10.2 Å². The fraction of sp³-hybridized carbons (Fsp3) is 0.318. The first-order chi connectivity index (χ1) is 13.2. The van der Waals surface area contributed by atoms with Gasteiger partial charge in [-0.2, -0.15) is 0 Å². The number of aryl methyl sites for hydroxylation is 2. The Morgan fingerprint density at radius 1 is 1.07 bits per heavy atom. The summed E-state index contributed by atoms with van der Waals surface area (Å²) in [6.07, 6.45) is 0. The summed E-state index contributed by atoms with van der Waals surface area (Å²) in [5, 5.41) is 4.19. The van der Waals surface area contributed by atoms with Crippen molar-refractivity contribution in [3.63, 3.8) is 0 Å². The first-order valence-corrected chi connectivity index (χ1v) is 9.51. The zero-order valence-corrected chi connectivity index (χ0v) is 15.9. The molecule has 0 bridgehead atoms. The Morgan fingerprint density at radius 2 is 1.78 bits per heavy atom. The van der Waals surface area contributed by atoms with Crippen molar-refractivity contribution in [2.45, 2.75) is 20.4 Å². The minimum absolute atomic E-state index is 0.0651. The molecule has 0 atom stereocenters. The van der Waals surface area contributed by atoms with E-state index in [1.807, 2.05) is 31.2 Å². The van der Waals surface area contributed by atoms with Crippen LogP contribution >= 0.6 is 0 Å². The standard InChI is InChI=1S/C22H25N3O2/c1-3-25-20-7-5-4-6-19(20)16(2)21(25)22(26)23-17-8-10-18(11-9-17)24-12-14-27-15-13-24/h4-11H,3,12-15H2,1-2H3,(H,23,26). The lowest BCUT2D eigenvalue weighted by molar-refractivity contribution is 0.101. The van der Waals surface area contributed by atoms with Crippen molar-refractivity contribution in [3.05, 3.63) is 59.8 Å². The number of amides is 1. The van der Waals surface area contributed by atoms with Crippen LogP contribution in [0.3, 0.4) is 0 Å². The number of benzene rings is 2. The molecule has 1 N–H and O–H groups in total. The fourth-order valence-electron chi connectivity index (χ4n) is 3.87. The van der Waals surface area contributed by atoms with Gasteiger partial charge in [0.2, 0.25) is 0 Å². The van der Waals surface area contributed by atoms with E-state index in [1.165, 1.54) is 0 Å². The monoisotopic (exact) mass is 363 g/mol. The lowest BCUT2D eigenvalue weighted by Gasteiger charge is -2.28. The zero-order chi connectivity index (χ0) is 18.8. The highest BCUT2D eigenvalue weighted by molar-refractivity contribution is 6.08. The van der Waals surface area contributed by atoms with E-state index in [0.29, 0.717) is 0 Å². The van der Waals surface area contributed by atoms with Crippen molar-refractivity contribution >= 4 is 28.2 Å². The SMILES string of the molecule is CCn1c(C(=O)Nc2ccc(N3CCOCC3)cc2)c(C)c2ccccc21. The van der Waals surface area contributed by atoms with Gasteiger partial charge in [0.05, 0.1) is 13.2 Å². The highest BCUT2D eigenvalue weighted by Gasteiger charge is 2.19. The minimum atomic E-state index is -0.0651. The molecule has 0 unspecified atom stereocenters. The number of para-hydroxylation sites is 1. The van der Waals surface area contributed by atoms with Crippen LogP contribution in [0.15, 0.2) is 48.5 Å². The molecule has 3 aromatic rings. The molecule has 1 aliphatic heterocycles. The minimum Gasteiger partial charge on any atom is -0.378 e. The fourth-order valence-corrected chi connectivity index (χ4v) is 3.87. The second kappa shape index (κ2) is 7.45. The van der Waals surface area contributed by atoms with Gasteiger partial charge in [0.1, 0.15) is 5.69 Å². The van der Waals surface area contributed by atoms with Gasteiger partial charge in [-0.1, -0.05) is 18.2 Å². The van der Waals surface area contributed by atoms with Gasteiger partial charge in [-0.15, -0.1) is 0 Å². The molecule has 140 valence electrons. The lowest BCUT2D eigenvalue weighted by atomic mass is 10.1. The topological polar surface area (TPSA) is 46.5 Å². The number of carbonyl (C=O) groups is 1. The van der Waals surface area contributed by atoms with Gasteiger partial charge in [-0.25, -0.2) is 0 Å². The van der Waals surface area contributed by atoms with Gasteiger partial charge in [-0.3, -0.25) is 4.79 Å². The Hall–Kier alpha value is -2.79. The Kier molecular flexibility index (Phi) is 4.86. The molecule has 5 nitrogen and oxygen atoms in total. The molecule has 5 heteroatoms. The van der Waals surface area contributed by atoms with Crippen LogP contribution in [0.5, 0.6) is 0 Å². The van der Waals surface area contributed by atoms with Crippen LogP contribution in [0.25, 0.3) is 10.9 Å². The number of nitrogens with zero attached hydrogens (tertiary/aromatic N) is 2. The molecule has 1 aliphatic rings. The Labute approximate surface area is 159 Å². The van der Waals surface area contributed by atoms with Crippen molar-refractivity contribution in [1.82, 2.24) is 4.57 Å². The summed E-state index contributed by atoms with van der Waals surface area (Å²) in [4.78, 5) is 15.3. The molecule has 0 saturated carbocycles. The van der Waals surface area contributed by atoms with Crippen LogP contribution in [-0.2, 0) is 11.3 Å². The molecule has 1 aromatic heterocycles. The first kappa shape index (κ1) is 17.6. The van der Waals surface area contributed by atoms with Crippen molar-refractivity contribution in [2.75, 3.05) is 36.5 Å². The quantitative estimate of drug-likeness (QED) is 0.760.